The second-order valence-electron chi connectivity index (χ2n) is 4.73. The number of fused-ring (bicyclic) bond motifs is 1. The first-order valence-corrected chi connectivity index (χ1v) is 8.03. The first kappa shape index (κ1) is 15.0. The Bertz CT molecular complexity index is 993. The average molecular weight is 332 g/mol. The average Bonchev–Trinajstić information content (AvgIpc) is 2.96. The van der Waals surface area contributed by atoms with E-state index < -0.39 is 16.0 Å². The Labute approximate surface area is 131 Å². The molecule has 1 aromatic carbocycles. The van der Waals surface area contributed by atoms with Crippen LogP contribution in [0.1, 0.15) is 6.92 Å². The van der Waals surface area contributed by atoms with E-state index in [9.17, 15) is 18.3 Å². The van der Waals surface area contributed by atoms with Crippen LogP contribution in [0.2, 0.25) is 0 Å². The number of benzene rings is 1. The van der Waals surface area contributed by atoms with Gasteiger partial charge in [0.25, 0.3) is 15.9 Å². The fourth-order valence-electron chi connectivity index (χ4n) is 2.18. The number of carbonyl (C=O) groups is 1. The molecule has 0 spiro atoms. The molecule has 7 nitrogen and oxygen atoms in total. The van der Waals surface area contributed by atoms with Crippen molar-refractivity contribution < 1.29 is 23.1 Å². The zero-order valence-corrected chi connectivity index (χ0v) is 12.8. The van der Waals surface area contributed by atoms with E-state index in [1.165, 1.54) is 37.5 Å². The number of carbonyl (C=O) groups excluding carboxylic acids is 1. The van der Waals surface area contributed by atoms with Crippen LogP contribution in [0, 0.1) is 0 Å². The zero-order valence-electron chi connectivity index (χ0n) is 12.0. The quantitative estimate of drug-likeness (QED) is 0.736. The zero-order chi connectivity index (χ0) is 16.6. The van der Waals surface area contributed by atoms with Gasteiger partial charge in [0.15, 0.2) is 5.75 Å². The van der Waals surface area contributed by atoms with Gasteiger partial charge in [-0.3, -0.25) is 4.79 Å². The molecule has 3 rings (SSSR count). The lowest BCUT2D eigenvalue weighted by atomic mass is 10.3. The number of rotatable bonds is 3. The molecule has 2 heterocycles. The highest BCUT2D eigenvalue weighted by Crippen LogP contribution is 2.34. The topological polar surface area (TPSA) is 98.5 Å². The number of pyridine rings is 1. The van der Waals surface area contributed by atoms with Crippen LogP contribution in [0.5, 0.6) is 11.6 Å². The molecule has 0 saturated heterocycles. The molecule has 118 valence electrons. The normalized spacial score (nSPS) is 11.5. The minimum atomic E-state index is -3.82. The Hall–Kier alpha value is -2.87. The minimum Gasteiger partial charge on any atom is -0.503 e. The van der Waals surface area contributed by atoms with Crippen molar-refractivity contribution >= 4 is 26.9 Å². The molecule has 0 unspecified atom stereocenters. The van der Waals surface area contributed by atoms with E-state index in [0.29, 0.717) is 0 Å². The molecule has 23 heavy (non-hydrogen) atoms. The molecule has 0 aliphatic carbocycles. The summed E-state index contributed by atoms with van der Waals surface area (Å²) in [6.45, 7) is 1.18. The van der Waals surface area contributed by atoms with E-state index in [-0.39, 0.29) is 27.4 Å². The van der Waals surface area contributed by atoms with Crippen molar-refractivity contribution in [2.24, 2.45) is 0 Å². The van der Waals surface area contributed by atoms with Crippen molar-refractivity contribution in [1.82, 2.24) is 8.96 Å². The second-order valence-corrected chi connectivity index (χ2v) is 6.55. The highest BCUT2D eigenvalue weighted by molar-refractivity contribution is 7.90. The molecule has 0 bridgehead atoms. The summed E-state index contributed by atoms with van der Waals surface area (Å²) in [5.74, 6) is -1.29. The van der Waals surface area contributed by atoms with Crippen molar-refractivity contribution in [3.63, 3.8) is 0 Å². The van der Waals surface area contributed by atoms with E-state index in [0.717, 1.165) is 3.97 Å². The Morgan fingerprint density at radius 1 is 1.22 bits per heavy atom. The lowest BCUT2D eigenvalue weighted by Crippen LogP contribution is -2.11. The van der Waals surface area contributed by atoms with Gasteiger partial charge in [-0.05, 0) is 18.2 Å². The van der Waals surface area contributed by atoms with Crippen LogP contribution < -0.4 is 4.74 Å². The third-order valence-corrected chi connectivity index (χ3v) is 4.90. The van der Waals surface area contributed by atoms with Crippen molar-refractivity contribution in [1.29, 1.82) is 0 Å². The van der Waals surface area contributed by atoms with E-state index in [1.54, 1.807) is 18.2 Å². The number of nitrogens with zero attached hydrogens (tertiary/aromatic N) is 2. The Morgan fingerprint density at radius 2 is 1.91 bits per heavy atom. The third-order valence-electron chi connectivity index (χ3n) is 3.19. The van der Waals surface area contributed by atoms with Gasteiger partial charge < -0.3 is 9.84 Å². The van der Waals surface area contributed by atoms with Gasteiger partial charge in [-0.1, -0.05) is 18.2 Å². The predicted molar refractivity (Wildman–Crippen MR) is 81.7 cm³/mol. The van der Waals surface area contributed by atoms with Gasteiger partial charge in [-0.15, -0.1) is 0 Å². The summed E-state index contributed by atoms with van der Waals surface area (Å²) in [6.07, 6.45) is 2.54. The maximum Gasteiger partial charge on any atom is 0.309 e. The van der Waals surface area contributed by atoms with E-state index in [2.05, 4.69) is 4.98 Å². The molecule has 1 N–H and O–H groups in total. The maximum atomic E-state index is 12.7. The summed E-state index contributed by atoms with van der Waals surface area (Å²) < 4.78 is 31.1. The molecule has 0 amide bonds. The number of aromatic hydroxyl groups is 1. The van der Waals surface area contributed by atoms with Gasteiger partial charge in [-0.2, -0.15) is 0 Å². The predicted octanol–water partition coefficient (Wildman–Crippen LogP) is 1.90. The fraction of sp³-hybridized carbons (Fsp3) is 0.0667. The van der Waals surface area contributed by atoms with Crippen LogP contribution in [0.4, 0.5) is 0 Å². The molecular formula is C15H12N2O5S. The third kappa shape index (κ3) is 2.53. The second kappa shape index (κ2) is 5.40. The molecule has 0 saturated carbocycles. The molecule has 8 heteroatoms. The van der Waals surface area contributed by atoms with Crippen LogP contribution in [0.15, 0.2) is 53.7 Å². The summed E-state index contributed by atoms with van der Waals surface area (Å²) in [5, 5.41) is 10.3. The SMILES string of the molecule is CC(=O)Oc1ncc2c(ccn2S(=O)(=O)c2ccccc2)c1O. The van der Waals surface area contributed by atoms with E-state index in [1.807, 2.05) is 0 Å². The van der Waals surface area contributed by atoms with Gasteiger partial charge in [0, 0.05) is 18.5 Å². The number of hydrogen-bond donors (Lipinski definition) is 1. The van der Waals surface area contributed by atoms with Gasteiger partial charge in [0.05, 0.1) is 16.6 Å². The summed E-state index contributed by atoms with van der Waals surface area (Å²) in [4.78, 5) is 14.9. The van der Waals surface area contributed by atoms with Crippen molar-refractivity contribution in [3.05, 3.63) is 48.8 Å². The summed E-state index contributed by atoms with van der Waals surface area (Å²) in [5.41, 5.74) is 0.183. The molecule has 0 aliphatic heterocycles. The fourth-order valence-corrected chi connectivity index (χ4v) is 3.53. The van der Waals surface area contributed by atoms with Gasteiger partial charge >= 0.3 is 5.97 Å². The summed E-state index contributed by atoms with van der Waals surface area (Å²) >= 11 is 0. The lowest BCUT2D eigenvalue weighted by molar-refractivity contribution is -0.132. The molecule has 0 aliphatic rings. The van der Waals surface area contributed by atoms with Crippen LogP contribution in [0.3, 0.4) is 0 Å². The van der Waals surface area contributed by atoms with Gasteiger partial charge in [0.2, 0.25) is 0 Å². The van der Waals surface area contributed by atoms with Crippen molar-refractivity contribution in [2.75, 3.05) is 0 Å². The van der Waals surface area contributed by atoms with Crippen molar-refractivity contribution in [3.8, 4) is 11.6 Å². The number of aromatic nitrogens is 2. The maximum absolute atomic E-state index is 12.7. The van der Waals surface area contributed by atoms with Gasteiger partial charge in [-0.25, -0.2) is 17.4 Å². The Kier molecular flexibility index (Phi) is 3.53. The van der Waals surface area contributed by atoms with Crippen LogP contribution in [-0.2, 0) is 14.8 Å². The monoisotopic (exact) mass is 332 g/mol. The Morgan fingerprint density at radius 3 is 2.57 bits per heavy atom. The van der Waals surface area contributed by atoms with Gasteiger partial charge in [0.1, 0.15) is 0 Å². The number of hydrogen-bond acceptors (Lipinski definition) is 6. The number of ether oxygens (including phenoxy) is 1. The summed E-state index contributed by atoms with van der Waals surface area (Å²) in [6, 6.07) is 9.31. The highest BCUT2D eigenvalue weighted by atomic mass is 32.2. The smallest absolute Gasteiger partial charge is 0.309 e. The molecular weight excluding hydrogens is 320 g/mol. The molecule has 0 radical (unpaired) electrons. The van der Waals surface area contributed by atoms with Crippen molar-refractivity contribution in [2.45, 2.75) is 11.8 Å². The largest absolute Gasteiger partial charge is 0.503 e. The molecule has 0 fully saturated rings. The van der Waals surface area contributed by atoms with Crippen LogP contribution >= 0.6 is 0 Å². The molecule has 0 atom stereocenters. The summed E-state index contributed by atoms with van der Waals surface area (Å²) in [7, 11) is -3.82. The standard InChI is InChI=1S/C15H12N2O5S/c1-10(18)22-15-14(19)12-7-8-17(13(12)9-16-15)23(20,21)11-5-3-2-4-6-11/h2-9,19H,1H3. The lowest BCUT2D eigenvalue weighted by Gasteiger charge is -2.08. The minimum absolute atomic E-state index is 0.112. The molecule has 3 aromatic rings. The highest BCUT2D eigenvalue weighted by Gasteiger charge is 2.21. The van der Waals surface area contributed by atoms with E-state index >= 15 is 0 Å². The van der Waals surface area contributed by atoms with Crippen LogP contribution in [0.25, 0.3) is 10.9 Å². The first-order valence-electron chi connectivity index (χ1n) is 6.59. The van der Waals surface area contributed by atoms with E-state index in [4.69, 9.17) is 4.74 Å². The number of esters is 1. The Balaban J connectivity index is 2.18. The molecule has 2 aromatic heterocycles. The van der Waals surface area contributed by atoms with Crippen LogP contribution in [-0.4, -0.2) is 28.5 Å². The first-order chi connectivity index (χ1) is 10.9.